The minimum Gasteiger partial charge on any atom is -0.366 e. The Bertz CT molecular complexity index is 2020. The smallest absolute Gasteiger partial charge is 0.328 e. The third-order valence-corrected chi connectivity index (χ3v) is 12.0. The van der Waals surface area contributed by atoms with Crippen LogP contribution in [0.1, 0.15) is 40.3 Å². The van der Waals surface area contributed by atoms with Crippen molar-refractivity contribution in [3.63, 3.8) is 0 Å². The fourth-order valence-electron chi connectivity index (χ4n) is 7.96. The Balaban J connectivity index is 0.776. The van der Waals surface area contributed by atoms with E-state index >= 15 is 0 Å². The summed E-state index contributed by atoms with van der Waals surface area (Å²) < 4.78 is 0. The molecule has 6 heterocycles. The van der Waals surface area contributed by atoms with Gasteiger partial charge >= 0.3 is 6.03 Å². The van der Waals surface area contributed by atoms with Crippen LogP contribution in [0.4, 0.5) is 38.6 Å². The van der Waals surface area contributed by atoms with Gasteiger partial charge in [0.05, 0.1) is 16.9 Å². The van der Waals surface area contributed by atoms with Crippen LogP contribution in [0.25, 0.3) is 0 Å². The first-order chi connectivity index (χ1) is 26.2. The molecular formula is C38H44ClN11O3S. The van der Waals surface area contributed by atoms with Crippen molar-refractivity contribution in [2.75, 3.05) is 84.2 Å². The number of hydrogen-bond acceptors (Lipinski definition) is 12. The van der Waals surface area contributed by atoms with Crippen molar-refractivity contribution in [1.82, 2.24) is 30.1 Å². The Kier molecular flexibility index (Phi) is 10.4. The van der Waals surface area contributed by atoms with Crippen LogP contribution in [0, 0.1) is 13.8 Å². The molecule has 4 aromatic rings. The summed E-state index contributed by atoms with van der Waals surface area (Å²) in [5.41, 5.74) is 3.50. The lowest BCUT2D eigenvalue weighted by Crippen LogP contribution is -2.49. The molecule has 16 heteroatoms. The van der Waals surface area contributed by atoms with E-state index in [0.717, 1.165) is 75.8 Å². The van der Waals surface area contributed by atoms with Crippen molar-refractivity contribution in [2.45, 2.75) is 45.2 Å². The highest BCUT2D eigenvalue weighted by molar-refractivity contribution is 7.17. The number of nitrogens with one attached hydrogen (secondary N) is 3. The van der Waals surface area contributed by atoms with E-state index in [0.29, 0.717) is 57.4 Å². The lowest BCUT2D eigenvalue weighted by molar-refractivity contribution is -0.120. The van der Waals surface area contributed by atoms with Gasteiger partial charge in [-0.15, -0.1) is 0 Å². The number of anilines is 6. The topological polar surface area (TPSA) is 142 Å². The maximum absolute atomic E-state index is 12.9. The van der Waals surface area contributed by atoms with Crippen LogP contribution in [0.15, 0.2) is 54.7 Å². The van der Waals surface area contributed by atoms with Crippen LogP contribution in [0.3, 0.4) is 0 Å². The molecular weight excluding hydrogens is 726 g/mol. The Morgan fingerprint density at radius 3 is 2.50 bits per heavy atom. The molecule has 2 aromatic carbocycles. The summed E-state index contributed by atoms with van der Waals surface area (Å²) in [7, 11) is 0. The molecule has 54 heavy (non-hydrogen) atoms. The summed E-state index contributed by atoms with van der Waals surface area (Å²) in [5, 5.41) is 9.64. The zero-order chi connectivity index (χ0) is 37.3. The zero-order valence-corrected chi connectivity index (χ0v) is 32.0. The summed E-state index contributed by atoms with van der Waals surface area (Å²) in [5.74, 6) is 1.71. The highest BCUT2D eigenvalue weighted by Gasteiger charge is 2.43. The Morgan fingerprint density at radius 1 is 0.963 bits per heavy atom. The van der Waals surface area contributed by atoms with Crippen LogP contribution in [0.5, 0.6) is 0 Å². The summed E-state index contributed by atoms with van der Waals surface area (Å²) in [6.07, 6.45) is 4.21. The van der Waals surface area contributed by atoms with Gasteiger partial charge in [-0.1, -0.05) is 35.1 Å². The number of imide groups is 1. The normalized spacial score (nSPS) is 20.5. The summed E-state index contributed by atoms with van der Waals surface area (Å²) in [6.45, 7) is 12.2. The van der Waals surface area contributed by atoms with Crippen molar-refractivity contribution in [3.05, 3.63) is 76.0 Å². The number of aryl methyl sites for hydroxylation is 2. The number of halogens is 1. The van der Waals surface area contributed by atoms with Gasteiger partial charge in [0, 0.05) is 81.8 Å². The van der Waals surface area contributed by atoms with E-state index in [9.17, 15) is 14.4 Å². The van der Waals surface area contributed by atoms with E-state index in [1.54, 1.807) is 17.2 Å². The van der Waals surface area contributed by atoms with Crippen LogP contribution >= 0.6 is 22.9 Å². The second-order valence-corrected chi connectivity index (χ2v) is 15.8. The molecule has 4 saturated heterocycles. The van der Waals surface area contributed by atoms with Crippen molar-refractivity contribution < 1.29 is 14.4 Å². The van der Waals surface area contributed by atoms with Gasteiger partial charge in [0.15, 0.2) is 5.13 Å². The number of fused-ring (bicyclic) bond motifs is 2. The van der Waals surface area contributed by atoms with Gasteiger partial charge in [-0.3, -0.25) is 29.6 Å². The third kappa shape index (κ3) is 7.85. The third-order valence-electron chi connectivity index (χ3n) is 10.8. The number of likely N-dealkylation sites (tertiary alicyclic amines) is 1. The molecule has 0 saturated carbocycles. The highest BCUT2D eigenvalue weighted by Crippen LogP contribution is 2.36. The molecule has 0 spiro atoms. The van der Waals surface area contributed by atoms with E-state index in [-0.39, 0.29) is 17.8 Å². The van der Waals surface area contributed by atoms with Crippen molar-refractivity contribution in [1.29, 1.82) is 0 Å². The number of urea groups is 1. The minimum absolute atomic E-state index is 0.218. The van der Waals surface area contributed by atoms with Crippen molar-refractivity contribution in [3.8, 4) is 0 Å². The summed E-state index contributed by atoms with van der Waals surface area (Å²) in [4.78, 5) is 62.5. The van der Waals surface area contributed by atoms with Crippen LogP contribution < -0.4 is 30.7 Å². The number of benzene rings is 2. The molecule has 4 amide bonds. The number of aromatic nitrogens is 3. The second-order valence-electron chi connectivity index (χ2n) is 14.3. The number of para-hydroxylation sites is 1. The van der Waals surface area contributed by atoms with Gasteiger partial charge in [0.25, 0.3) is 5.91 Å². The van der Waals surface area contributed by atoms with Gasteiger partial charge in [-0.05, 0) is 75.7 Å². The quantitative estimate of drug-likeness (QED) is 0.187. The molecule has 0 radical (unpaired) electrons. The monoisotopic (exact) mass is 769 g/mol. The van der Waals surface area contributed by atoms with Crippen LogP contribution in [-0.2, 0) is 4.79 Å². The maximum Gasteiger partial charge on any atom is 0.328 e. The SMILES string of the molecule is Cc1nc(Nc2ncc(C(=O)Nc3c(C)cccc3Cl)s2)cc(N2CCN(CCCN3C[C@H]4C[C@@H]3CN4c3ccc(N4CCC(=O)NC4=O)cc3)CC2)n1. The van der Waals surface area contributed by atoms with Crippen LogP contribution in [0.2, 0.25) is 5.02 Å². The fourth-order valence-corrected chi connectivity index (χ4v) is 8.95. The molecule has 4 aliphatic rings. The number of piperazine rings is 2. The van der Waals surface area contributed by atoms with Gasteiger partial charge in [0.1, 0.15) is 22.3 Å². The number of rotatable bonds is 11. The van der Waals surface area contributed by atoms with E-state index in [2.05, 4.69) is 57.7 Å². The van der Waals surface area contributed by atoms with E-state index < -0.39 is 0 Å². The van der Waals surface area contributed by atoms with E-state index in [1.807, 2.05) is 44.2 Å². The fraction of sp³-hybridized carbons (Fsp3) is 0.421. The zero-order valence-electron chi connectivity index (χ0n) is 30.4. The molecule has 2 aromatic heterocycles. The standard InChI is InChI=1S/C38H44ClN11O3S/c1-24-5-3-6-30(39)35(24)45-36(52)31-21-40-37(54-31)43-32-20-33(42-25(2)41-32)47-17-15-46(16-18-47)12-4-13-48-22-29-19-28(48)23-50(29)27-9-7-26(8-10-27)49-14-11-34(51)44-38(49)53/h3,5-10,20-21,28-29H,4,11-19,22-23H2,1-2H3,(H,45,52)(H,44,51,53)(H,40,41,42,43)/t28-,29-/m1/s1. The molecule has 0 aliphatic carbocycles. The van der Waals surface area contributed by atoms with Crippen molar-refractivity contribution in [2.24, 2.45) is 0 Å². The van der Waals surface area contributed by atoms with E-state index in [1.165, 1.54) is 23.4 Å². The average molecular weight is 770 g/mol. The predicted molar refractivity (Wildman–Crippen MR) is 213 cm³/mol. The molecule has 4 fully saturated rings. The number of carbonyl (C=O) groups excluding carboxylic acids is 3. The molecule has 8 rings (SSSR count). The maximum atomic E-state index is 12.9. The number of nitrogens with zero attached hydrogens (tertiary/aromatic N) is 8. The first kappa shape index (κ1) is 36.2. The molecule has 0 unspecified atom stereocenters. The van der Waals surface area contributed by atoms with Gasteiger partial charge in [-0.2, -0.15) is 0 Å². The number of carbonyl (C=O) groups is 3. The molecule has 282 valence electrons. The Morgan fingerprint density at radius 2 is 1.76 bits per heavy atom. The number of thiazole rings is 1. The molecule has 4 aliphatic heterocycles. The minimum atomic E-state index is -0.349. The van der Waals surface area contributed by atoms with Crippen molar-refractivity contribution >= 4 is 74.6 Å². The molecule has 3 N–H and O–H groups in total. The summed E-state index contributed by atoms with van der Waals surface area (Å²) in [6, 6.07) is 16.4. The summed E-state index contributed by atoms with van der Waals surface area (Å²) >= 11 is 7.56. The number of amides is 4. The molecule has 2 atom stereocenters. The van der Waals surface area contributed by atoms with Gasteiger partial charge in [0.2, 0.25) is 5.91 Å². The van der Waals surface area contributed by atoms with Gasteiger partial charge in [-0.25, -0.2) is 19.7 Å². The van der Waals surface area contributed by atoms with Gasteiger partial charge < -0.3 is 20.4 Å². The molecule has 2 bridgehead atoms. The first-order valence-corrected chi connectivity index (χ1v) is 19.7. The number of hydrogen-bond donors (Lipinski definition) is 3. The lowest BCUT2D eigenvalue weighted by Gasteiger charge is -2.37. The Hall–Kier alpha value is -4.83. The average Bonchev–Trinajstić information content (AvgIpc) is 3.91. The van der Waals surface area contributed by atoms with Crippen LogP contribution in [-0.4, -0.2) is 114 Å². The Labute approximate surface area is 323 Å². The highest BCUT2D eigenvalue weighted by atomic mass is 35.5. The molecule has 14 nitrogen and oxygen atoms in total. The lowest BCUT2D eigenvalue weighted by atomic mass is 10.2. The predicted octanol–water partition coefficient (Wildman–Crippen LogP) is 5.12. The first-order valence-electron chi connectivity index (χ1n) is 18.5. The second kappa shape index (κ2) is 15.5. The van der Waals surface area contributed by atoms with E-state index in [4.69, 9.17) is 16.6 Å². The largest absolute Gasteiger partial charge is 0.366 e.